The summed E-state index contributed by atoms with van der Waals surface area (Å²) in [4.78, 5) is 7.60. The lowest BCUT2D eigenvalue weighted by atomic mass is 10.2. The molecular weight excluding hydrogens is 291 g/mol. The molecule has 2 nitrogen and oxygen atoms in total. The van der Waals surface area contributed by atoms with E-state index in [9.17, 15) is 0 Å². The Balaban J connectivity index is 2.29. The van der Waals surface area contributed by atoms with E-state index in [4.69, 9.17) is 34.8 Å². The van der Waals surface area contributed by atoms with Crippen molar-refractivity contribution in [3.63, 3.8) is 0 Å². The zero-order valence-corrected chi connectivity index (χ0v) is 11.3. The first-order valence-electron chi connectivity index (χ1n) is 5.25. The molecule has 2 aromatic carbocycles. The number of aromatic nitrogens is 2. The summed E-state index contributed by atoms with van der Waals surface area (Å²) in [7, 11) is 0. The van der Waals surface area contributed by atoms with Crippen LogP contribution in [0.15, 0.2) is 36.4 Å². The highest BCUT2D eigenvalue weighted by Crippen LogP contribution is 2.32. The Bertz CT molecular complexity index is 695. The zero-order chi connectivity index (χ0) is 12.7. The molecule has 0 saturated heterocycles. The van der Waals surface area contributed by atoms with Gasteiger partial charge in [-0.1, -0.05) is 46.9 Å². The van der Waals surface area contributed by atoms with E-state index < -0.39 is 0 Å². The Hall–Kier alpha value is -1.22. The molecule has 0 bridgehead atoms. The van der Waals surface area contributed by atoms with Gasteiger partial charge in [0, 0.05) is 5.56 Å². The van der Waals surface area contributed by atoms with Crippen molar-refractivity contribution in [2.75, 3.05) is 0 Å². The third-order valence-electron chi connectivity index (χ3n) is 2.67. The van der Waals surface area contributed by atoms with Crippen molar-refractivity contribution in [3.8, 4) is 11.4 Å². The smallest absolute Gasteiger partial charge is 0.140 e. The number of nitrogens with zero attached hydrogens (tertiary/aromatic N) is 1. The zero-order valence-electron chi connectivity index (χ0n) is 9.05. The minimum Gasteiger partial charge on any atom is -0.337 e. The second-order valence-corrected chi connectivity index (χ2v) is 5.04. The van der Waals surface area contributed by atoms with Crippen LogP contribution in [0.2, 0.25) is 15.1 Å². The van der Waals surface area contributed by atoms with E-state index >= 15 is 0 Å². The molecule has 18 heavy (non-hydrogen) atoms. The summed E-state index contributed by atoms with van der Waals surface area (Å²) < 4.78 is 0. The van der Waals surface area contributed by atoms with Gasteiger partial charge in [0.05, 0.1) is 20.6 Å². The van der Waals surface area contributed by atoms with E-state index in [-0.39, 0.29) is 0 Å². The summed E-state index contributed by atoms with van der Waals surface area (Å²) in [5, 5.41) is 1.77. The van der Waals surface area contributed by atoms with Gasteiger partial charge in [0.1, 0.15) is 11.3 Å². The van der Waals surface area contributed by atoms with Crippen LogP contribution < -0.4 is 0 Å². The molecule has 1 N–H and O–H groups in total. The molecule has 1 heterocycles. The second-order valence-electron chi connectivity index (χ2n) is 3.82. The predicted octanol–water partition coefficient (Wildman–Crippen LogP) is 5.19. The van der Waals surface area contributed by atoms with Crippen LogP contribution in [0.5, 0.6) is 0 Å². The van der Waals surface area contributed by atoms with Gasteiger partial charge < -0.3 is 4.98 Å². The van der Waals surface area contributed by atoms with Crippen LogP contribution in [-0.4, -0.2) is 9.97 Å². The van der Waals surface area contributed by atoms with Crippen molar-refractivity contribution >= 4 is 45.8 Å². The van der Waals surface area contributed by atoms with Gasteiger partial charge in [0.15, 0.2) is 0 Å². The Kier molecular flexibility index (Phi) is 2.94. The Morgan fingerprint density at radius 3 is 2.28 bits per heavy atom. The molecule has 0 aliphatic rings. The standard InChI is InChI=1S/C13H7Cl3N2/c14-8-4-2-1-3-7(8)13-17-11-9(15)5-6-10(16)12(11)18-13/h1-6H,(H,17,18). The van der Waals surface area contributed by atoms with Crippen molar-refractivity contribution in [2.24, 2.45) is 0 Å². The summed E-state index contributed by atoms with van der Waals surface area (Å²) in [6.45, 7) is 0. The monoisotopic (exact) mass is 296 g/mol. The number of H-pyrrole nitrogens is 1. The number of benzene rings is 2. The molecule has 0 spiro atoms. The average molecular weight is 298 g/mol. The first kappa shape index (κ1) is 11.8. The lowest BCUT2D eigenvalue weighted by Crippen LogP contribution is -1.80. The molecule has 0 amide bonds. The number of aromatic amines is 1. The molecule has 0 unspecified atom stereocenters. The molecule has 0 aliphatic heterocycles. The van der Waals surface area contributed by atoms with Crippen LogP contribution in [0, 0.1) is 0 Å². The van der Waals surface area contributed by atoms with Crippen molar-refractivity contribution in [1.82, 2.24) is 9.97 Å². The highest BCUT2D eigenvalue weighted by molar-refractivity contribution is 6.39. The van der Waals surface area contributed by atoms with Gasteiger partial charge in [-0.15, -0.1) is 0 Å². The predicted molar refractivity (Wildman–Crippen MR) is 76.6 cm³/mol. The third kappa shape index (κ3) is 1.87. The summed E-state index contributed by atoms with van der Waals surface area (Å²) in [5.41, 5.74) is 2.20. The van der Waals surface area contributed by atoms with Crippen LogP contribution in [0.25, 0.3) is 22.4 Å². The highest BCUT2D eigenvalue weighted by atomic mass is 35.5. The third-order valence-corrected chi connectivity index (χ3v) is 3.62. The van der Waals surface area contributed by atoms with Gasteiger partial charge >= 0.3 is 0 Å². The quantitative estimate of drug-likeness (QED) is 0.658. The molecular formula is C13H7Cl3N2. The maximum atomic E-state index is 6.14. The summed E-state index contributed by atoms with van der Waals surface area (Å²) in [6, 6.07) is 10.9. The summed E-state index contributed by atoms with van der Waals surface area (Å²) in [6.07, 6.45) is 0. The van der Waals surface area contributed by atoms with E-state index in [0.29, 0.717) is 26.4 Å². The molecule has 5 heteroatoms. The van der Waals surface area contributed by atoms with Crippen LogP contribution in [0.3, 0.4) is 0 Å². The molecule has 90 valence electrons. The number of hydrogen-bond donors (Lipinski definition) is 1. The van der Waals surface area contributed by atoms with Crippen molar-refractivity contribution in [3.05, 3.63) is 51.5 Å². The van der Waals surface area contributed by atoms with Crippen LogP contribution in [0.4, 0.5) is 0 Å². The normalized spacial score (nSPS) is 11.1. The molecule has 1 aromatic heterocycles. The molecule has 0 atom stereocenters. The number of rotatable bonds is 1. The fraction of sp³-hybridized carbons (Fsp3) is 0. The van der Waals surface area contributed by atoms with Gasteiger partial charge in [0.25, 0.3) is 0 Å². The molecule has 0 fully saturated rings. The Morgan fingerprint density at radius 1 is 0.833 bits per heavy atom. The fourth-order valence-corrected chi connectivity index (χ4v) is 2.43. The first-order chi connectivity index (χ1) is 8.66. The minimum absolute atomic E-state index is 0.559. The molecule has 3 aromatic rings. The van der Waals surface area contributed by atoms with Crippen molar-refractivity contribution in [2.45, 2.75) is 0 Å². The van der Waals surface area contributed by atoms with E-state index in [1.165, 1.54) is 0 Å². The maximum absolute atomic E-state index is 6.14. The van der Waals surface area contributed by atoms with Gasteiger partial charge in [-0.05, 0) is 24.3 Å². The first-order valence-corrected chi connectivity index (χ1v) is 6.39. The minimum atomic E-state index is 0.559. The number of halogens is 3. The van der Waals surface area contributed by atoms with Gasteiger partial charge in [-0.2, -0.15) is 0 Å². The van der Waals surface area contributed by atoms with Crippen LogP contribution in [-0.2, 0) is 0 Å². The van der Waals surface area contributed by atoms with E-state index in [0.717, 1.165) is 11.1 Å². The SMILES string of the molecule is Clc1ccccc1-c1nc2c(Cl)ccc(Cl)c2[nH]1. The van der Waals surface area contributed by atoms with Gasteiger partial charge in [-0.3, -0.25) is 0 Å². The molecule has 0 radical (unpaired) electrons. The Labute approximate surface area is 119 Å². The van der Waals surface area contributed by atoms with Crippen molar-refractivity contribution < 1.29 is 0 Å². The lowest BCUT2D eigenvalue weighted by molar-refractivity contribution is 1.34. The maximum Gasteiger partial charge on any atom is 0.140 e. The lowest BCUT2D eigenvalue weighted by Gasteiger charge is -1.98. The largest absolute Gasteiger partial charge is 0.337 e. The molecule has 3 rings (SSSR count). The second kappa shape index (κ2) is 4.47. The van der Waals surface area contributed by atoms with E-state index in [2.05, 4.69) is 9.97 Å². The van der Waals surface area contributed by atoms with Gasteiger partial charge in [-0.25, -0.2) is 4.98 Å². The number of fused-ring (bicyclic) bond motifs is 1. The van der Waals surface area contributed by atoms with Crippen molar-refractivity contribution in [1.29, 1.82) is 0 Å². The number of imidazole rings is 1. The number of nitrogens with one attached hydrogen (secondary N) is 1. The number of hydrogen-bond acceptors (Lipinski definition) is 1. The van der Waals surface area contributed by atoms with E-state index in [1.54, 1.807) is 12.1 Å². The Morgan fingerprint density at radius 2 is 1.56 bits per heavy atom. The average Bonchev–Trinajstić information content (AvgIpc) is 2.80. The van der Waals surface area contributed by atoms with Gasteiger partial charge in [0.2, 0.25) is 0 Å². The molecule has 0 aliphatic carbocycles. The highest BCUT2D eigenvalue weighted by Gasteiger charge is 2.12. The van der Waals surface area contributed by atoms with E-state index in [1.807, 2.05) is 24.3 Å². The summed E-state index contributed by atoms with van der Waals surface area (Å²) >= 11 is 18.3. The van der Waals surface area contributed by atoms with Crippen LogP contribution in [0.1, 0.15) is 0 Å². The summed E-state index contributed by atoms with van der Waals surface area (Å²) in [5.74, 6) is 0.658. The molecule has 0 saturated carbocycles. The fourth-order valence-electron chi connectivity index (χ4n) is 1.81. The topological polar surface area (TPSA) is 28.7 Å². The van der Waals surface area contributed by atoms with Crippen LogP contribution >= 0.6 is 34.8 Å².